The van der Waals surface area contributed by atoms with Gasteiger partial charge in [-0.05, 0) is 44.7 Å². The molecule has 0 atom stereocenters. The van der Waals surface area contributed by atoms with Crippen LogP contribution in [0.2, 0.25) is 0 Å². The Morgan fingerprint density at radius 3 is 2.45 bits per heavy atom. The van der Waals surface area contributed by atoms with Gasteiger partial charge < -0.3 is 16.0 Å². The molecule has 0 radical (unpaired) electrons. The van der Waals surface area contributed by atoms with E-state index in [9.17, 15) is 13.2 Å². The second-order valence-corrected chi connectivity index (χ2v) is 6.03. The van der Waals surface area contributed by atoms with Crippen molar-refractivity contribution < 1.29 is 13.2 Å². The summed E-state index contributed by atoms with van der Waals surface area (Å²) in [6.45, 7) is 0.800. The summed E-state index contributed by atoms with van der Waals surface area (Å²) in [6, 6.07) is 4.07. The Hall–Kier alpha value is -1.50. The zero-order valence-electron chi connectivity index (χ0n) is 13.0. The van der Waals surface area contributed by atoms with Gasteiger partial charge in [-0.1, -0.05) is 0 Å². The van der Waals surface area contributed by atoms with Crippen LogP contribution in [0.1, 0.15) is 31.4 Å². The highest BCUT2D eigenvalue weighted by Crippen LogP contribution is 2.25. The summed E-state index contributed by atoms with van der Waals surface area (Å²) in [5.41, 5.74) is 7.48. The molecule has 0 amide bonds. The van der Waals surface area contributed by atoms with E-state index in [-0.39, 0.29) is 6.04 Å². The highest BCUT2D eigenvalue weighted by atomic mass is 19.4. The molecule has 1 aromatic heterocycles. The van der Waals surface area contributed by atoms with Crippen molar-refractivity contribution in [2.75, 3.05) is 23.8 Å². The number of anilines is 2. The van der Waals surface area contributed by atoms with E-state index in [1.807, 2.05) is 6.92 Å². The molecule has 0 saturated heterocycles. The number of rotatable bonds is 4. The van der Waals surface area contributed by atoms with E-state index < -0.39 is 12.7 Å². The predicted molar refractivity (Wildman–Crippen MR) is 82.2 cm³/mol. The topological polar surface area (TPSA) is 54.2 Å². The fourth-order valence-electron chi connectivity index (χ4n) is 2.75. The third-order valence-electron chi connectivity index (χ3n) is 4.01. The van der Waals surface area contributed by atoms with Gasteiger partial charge in [0.15, 0.2) is 0 Å². The van der Waals surface area contributed by atoms with Gasteiger partial charge in [-0.2, -0.15) is 13.2 Å². The minimum absolute atomic E-state index is 0.288. The number of alkyl halides is 3. The van der Waals surface area contributed by atoms with Crippen molar-refractivity contribution in [3.8, 4) is 0 Å². The second kappa shape index (κ2) is 6.73. The molecule has 0 aliphatic heterocycles. The Kier molecular flexibility index (Phi) is 5.16. The van der Waals surface area contributed by atoms with Gasteiger partial charge in [0, 0.05) is 19.1 Å². The van der Waals surface area contributed by atoms with Crippen LogP contribution in [-0.4, -0.2) is 36.8 Å². The zero-order valence-corrected chi connectivity index (χ0v) is 13.0. The Balaban J connectivity index is 2.00. The second-order valence-electron chi connectivity index (χ2n) is 6.03. The molecule has 0 spiro atoms. The number of halogens is 3. The van der Waals surface area contributed by atoms with E-state index in [1.54, 1.807) is 12.1 Å². The number of hydrogen-bond acceptors (Lipinski definition) is 4. The van der Waals surface area contributed by atoms with E-state index in [1.165, 1.54) is 7.05 Å². The van der Waals surface area contributed by atoms with Crippen molar-refractivity contribution in [2.24, 2.45) is 5.73 Å². The molecular weight excluding hydrogens is 293 g/mol. The van der Waals surface area contributed by atoms with E-state index in [0.29, 0.717) is 17.6 Å². The fraction of sp³-hybridized carbons (Fsp3) is 0.667. The lowest BCUT2D eigenvalue weighted by Crippen LogP contribution is -2.33. The van der Waals surface area contributed by atoms with Crippen molar-refractivity contribution in [2.45, 2.75) is 50.9 Å². The lowest BCUT2D eigenvalue weighted by molar-refractivity contribution is -0.119. The van der Waals surface area contributed by atoms with Crippen LogP contribution in [0.15, 0.2) is 12.1 Å². The maximum Gasteiger partial charge on any atom is 0.405 e. The molecule has 0 unspecified atom stereocenters. The van der Waals surface area contributed by atoms with Crippen molar-refractivity contribution in [3.05, 3.63) is 17.8 Å². The summed E-state index contributed by atoms with van der Waals surface area (Å²) in [4.78, 5) is 5.38. The van der Waals surface area contributed by atoms with Crippen molar-refractivity contribution in [1.82, 2.24) is 4.98 Å². The first kappa shape index (κ1) is 16.9. The number of nitrogens with zero attached hydrogens (tertiary/aromatic N) is 2. The normalized spacial score (nSPS) is 22.5. The first-order valence-electron chi connectivity index (χ1n) is 7.52. The van der Waals surface area contributed by atoms with Crippen molar-refractivity contribution in [3.63, 3.8) is 0 Å². The van der Waals surface area contributed by atoms with Gasteiger partial charge in [-0.3, -0.25) is 0 Å². The molecule has 1 aliphatic carbocycles. The number of pyridine rings is 1. The minimum atomic E-state index is -4.23. The summed E-state index contributed by atoms with van der Waals surface area (Å²) in [7, 11) is 1.39. The fourth-order valence-corrected chi connectivity index (χ4v) is 2.75. The maximum absolute atomic E-state index is 12.4. The van der Waals surface area contributed by atoms with Gasteiger partial charge in [-0.15, -0.1) is 0 Å². The highest BCUT2D eigenvalue weighted by molar-refractivity contribution is 5.54. The predicted octanol–water partition coefficient (Wildman–Crippen LogP) is 3.07. The molecule has 0 aromatic carbocycles. The molecule has 1 aromatic rings. The van der Waals surface area contributed by atoms with Crippen LogP contribution in [0.4, 0.5) is 24.7 Å². The van der Waals surface area contributed by atoms with Gasteiger partial charge in [0.05, 0.1) is 11.4 Å². The standard InChI is InChI=1S/C15H23F3N4/c1-10-13(21-12-5-3-11(19)4-6-12)7-8-14(20-10)22(2)9-15(16,17)18/h7-8,11-12,21H,3-6,9,19H2,1-2H3. The van der Waals surface area contributed by atoms with E-state index in [4.69, 9.17) is 5.73 Å². The Morgan fingerprint density at radius 1 is 1.27 bits per heavy atom. The monoisotopic (exact) mass is 316 g/mol. The first-order valence-corrected chi connectivity index (χ1v) is 7.52. The maximum atomic E-state index is 12.4. The van der Waals surface area contributed by atoms with Crippen LogP contribution in [0.3, 0.4) is 0 Å². The number of aryl methyl sites for hydroxylation is 1. The van der Waals surface area contributed by atoms with Gasteiger partial charge in [0.25, 0.3) is 0 Å². The molecular formula is C15H23F3N4. The number of aromatic nitrogens is 1. The smallest absolute Gasteiger partial charge is 0.381 e. The van der Waals surface area contributed by atoms with E-state index in [2.05, 4.69) is 10.3 Å². The summed E-state index contributed by atoms with van der Waals surface area (Å²) in [5, 5.41) is 3.43. The van der Waals surface area contributed by atoms with Crippen LogP contribution < -0.4 is 16.0 Å². The van der Waals surface area contributed by atoms with Gasteiger partial charge in [0.1, 0.15) is 12.4 Å². The Labute approximate surface area is 128 Å². The molecule has 2 rings (SSSR count). The van der Waals surface area contributed by atoms with E-state index in [0.717, 1.165) is 36.3 Å². The van der Waals surface area contributed by atoms with Crippen LogP contribution in [0.25, 0.3) is 0 Å². The zero-order chi connectivity index (χ0) is 16.3. The van der Waals surface area contributed by atoms with E-state index >= 15 is 0 Å². The Bertz CT molecular complexity index is 496. The van der Waals surface area contributed by atoms with Gasteiger partial charge >= 0.3 is 6.18 Å². The summed E-state index contributed by atoms with van der Waals surface area (Å²) in [5.74, 6) is 0.325. The molecule has 1 saturated carbocycles. The SMILES string of the molecule is Cc1nc(N(C)CC(F)(F)F)ccc1NC1CCC(N)CC1. The van der Waals surface area contributed by atoms with Crippen LogP contribution in [0.5, 0.6) is 0 Å². The molecule has 4 nitrogen and oxygen atoms in total. The highest BCUT2D eigenvalue weighted by Gasteiger charge is 2.30. The summed E-state index contributed by atoms with van der Waals surface area (Å²) in [6.07, 6.45) is -0.220. The lowest BCUT2D eigenvalue weighted by Gasteiger charge is -2.28. The molecule has 1 heterocycles. The van der Waals surface area contributed by atoms with Crippen LogP contribution >= 0.6 is 0 Å². The number of nitrogens with two attached hydrogens (primary N) is 1. The molecule has 7 heteroatoms. The molecule has 22 heavy (non-hydrogen) atoms. The molecule has 124 valence electrons. The molecule has 1 aliphatic rings. The van der Waals surface area contributed by atoms with Crippen LogP contribution in [0, 0.1) is 6.92 Å². The molecule has 0 bridgehead atoms. The average Bonchev–Trinajstić information content (AvgIpc) is 2.41. The summed E-state index contributed by atoms with van der Waals surface area (Å²) >= 11 is 0. The van der Waals surface area contributed by atoms with Crippen LogP contribution in [-0.2, 0) is 0 Å². The quantitative estimate of drug-likeness (QED) is 0.896. The van der Waals surface area contributed by atoms with Gasteiger partial charge in [-0.25, -0.2) is 4.98 Å². The third kappa shape index (κ3) is 4.76. The Morgan fingerprint density at radius 2 is 1.91 bits per heavy atom. The van der Waals surface area contributed by atoms with Crippen molar-refractivity contribution in [1.29, 1.82) is 0 Å². The lowest BCUT2D eigenvalue weighted by atomic mass is 9.91. The van der Waals surface area contributed by atoms with Gasteiger partial charge in [0.2, 0.25) is 0 Å². The third-order valence-corrected chi connectivity index (χ3v) is 4.01. The minimum Gasteiger partial charge on any atom is -0.381 e. The molecule has 3 N–H and O–H groups in total. The largest absolute Gasteiger partial charge is 0.405 e. The number of hydrogen-bond donors (Lipinski definition) is 2. The average molecular weight is 316 g/mol. The first-order chi connectivity index (χ1) is 10.2. The summed E-state index contributed by atoms with van der Waals surface area (Å²) < 4.78 is 37.3. The molecule has 1 fully saturated rings. The van der Waals surface area contributed by atoms with Crippen molar-refractivity contribution >= 4 is 11.5 Å². The number of nitrogens with one attached hydrogen (secondary N) is 1.